The average molecular weight is 459 g/mol. The van der Waals surface area contributed by atoms with E-state index in [1.54, 1.807) is 30.3 Å². The van der Waals surface area contributed by atoms with Gasteiger partial charge < -0.3 is 20.3 Å². The molecule has 0 aliphatic carbocycles. The molecule has 0 aromatic heterocycles. The highest BCUT2D eigenvalue weighted by atomic mass is 35.5. The largest absolute Gasteiger partial charge is 0.380 e. The molecule has 1 saturated heterocycles. The van der Waals surface area contributed by atoms with E-state index in [9.17, 15) is 9.59 Å². The molecule has 1 unspecified atom stereocenters. The van der Waals surface area contributed by atoms with Crippen molar-refractivity contribution in [2.75, 3.05) is 50.0 Å². The number of amides is 3. The Bertz CT molecular complexity index is 953. The molecule has 1 heterocycles. The Morgan fingerprint density at radius 1 is 1.16 bits per heavy atom. The molecule has 0 radical (unpaired) electrons. The number of rotatable bonds is 7. The standard InChI is InChI=1S/C24H31ClN4O3/c1-4-32-13-12-28-10-11-29(16-18(28)3)24(31)27-22-9-8-21(14-17(22)2)26-23(30)19-6-5-7-20(25)15-19/h5-9,14-15,18H,4,10-13,16H2,1-3H3,(H,26,30)(H,27,31). The second-order valence-corrected chi connectivity index (χ2v) is 8.39. The summed E-state index contributed by atoms with van der Waals surface area (Å²) < 4.78 is 5.45. The molecule has 0 saturated carbocycles. The summed E-state index contributed by atoms with van der Waals surface area (Å²) in [4.78, 5) is 29.4. The normalized spacial score (nSPS) is 16.6. The highest BCUT2D eigenvalue weighted by Crippen LogP contribution is 2.22. The number of nitrogens with one attached hydrogen (secondary N) is 2. The monoisotopic (exact) mass is 458 g/mol. The molecule has 3 rings (SSSR count). The quantitative estimate of drug-likeness (QED) is 0.600. The summed E-state index contributed by atoms with van der Waals surface area (Å²) in [6, 6.07) is 12.4. The Morgan fingerprint density at radius 3 is 2.66 bits per heavy atom. The first-order valence-corrected chi connectivity index (χ1v) is 11.3. The zero-order valence-electron chi connectivity index (χ0n) is 18.9. The minimum atomic E-state index is -0.236. The topological polar surface area (TPSA) is 73.9 Å². The van der Waals surface area contributed by atoms with Crippen LogP contribution in [0.25, 0.3) is 0 Å². The Balaban J connectivity index is 1.55. The van der Waals surface area contributed by atoms with E-state index < -0.39 is 0 Å². The maximum Gasteiger partial charge on any atom is 0.321 e. The van der Waals surface area contributed by atoms with Crippen LogP contribution >= 0.6 is 11.6 Å². The van der Waals surface area contributed by atoms with Crippen molar-refractivity contribution in [1.29, 1.82) is 0 Å². The number of piperazine rings is 1. The second-order valence-electron chi connectivity index (χ2n) is 7.95. The van der Waals surface area contributed by atoms with Crippen LogP contribution < -0.4 is 10.6 Å². The van der Waals surface area contributed by atoms with Crippen LogP contribution in [-0.2, 0) is 4.74 Å². The third-order valence-corrected chi connectivity index (χ3v) is 5.83. The molecule has 7 nitrogen and oxygen atoms in total. The Hall–Kier alpha value is -2.61. The predicted molar refractivity (Wildman–Crippen MR) is 129 cm³/mol. The van der Waals surface area contributed by atoms with Crippen molar-refractivity contribution in [3.8, 4) is 0 Å². The smallest absolute Gasteiger partial charge is 0.321 e. The van der Waals surface area contributed by atoms with E-state index in [1.165, 1.54) is 0 Å². The molecular weight excluding hydrogens is 428 g/mol. The number of hydrogen-bond acceptors (Lipinski definition) is 4. The van der Waals surface area contributed by atoms with Gasteiger partial charge in [0.15, 0.2) is 0 Å². The van der Waals surface area contributed by atoms with Gasteiger partial charge in [0.05, 0.1) is 6.61 Å². The minimum Gasteiger partial charge on any atom is -0.380 e. The van der Waals surface area contributed by atoms with Crippen molar-refractivity contribution in [3.63, 3.8) is 0 Å². The Morgan fingerprint density at radius 2 is 1.97 bits per heavy atom. The van der Waals surface area contributed by atoms with Crippen molar-refractivity contribution < 1.29 is 14.3 Å². The van der Waals surface area contributed by atoms with Crippen LogP contribution in [0.2, 0.25) is 5.02 Å². The van der Waals surface area contributed by atoms with E-state index in [0.29, 0.717) is 36.0 Å². The highest BCUT2D eigenvalue weighted by molar-refractivity contribution is 6.31. The zero-order valence-corrected chi connectivity index (χ0v) is 19.6. The molecule has 2 N–H and O–H groups in total. The summed E-state index contributed by atoms with van der Waals surface area (Å²) in [5, 5.41) is 6.38. The molecule has 0 bridgehead atoms. The van der Waals surface area contributed by atoms with Crippen molar-refractivity contribution in [2.24, 2.45) is 0 Å². The molecule has 0 spiro atoms. The van der Waals surface area contributed by atoms with Crippen molar-refractivity contribution >= 4 is 34.9 Å². The van der Waals surface area contributed by atoms with Crippen LogP contribution in [0.1, 0.15) is 29.8 Å². The van der Waals surface area contributed by atoms with Gasteiger partial charge in [0.25, 0.3) is 5.91 Å². The summed E-state index contributed by atoms with van der Waals surface area (Å²) in [6.45, 7) is 10.5. The molecule has 1 atom stereocenters. The number of nitrogens with zero attached hydrogens (tertiary/aromatic N) is 2. The molecule has 2 aromatic rings. The average Bonchev–Trinajstić information content (AvgIpc) is 2.76. The lowest BCUT2D eigenvalue weighted by Gasteiger charge is -2.39. The summed E-state index contributed by atoms with van der Waals surface area (Å²) in [7, 11) is 0. The van der Waals surface area contributed by atoms with Crippen LogP contribution in [0, 0.1) is 6.92 Å². The maximum absolute atomic E-state index is 12.8. The number of anilines is 2. The first kappa shape index (κ1) is 24.0. The van der Waals surface area contributed by atoms with Gasteiger partial charge in [0.2, 0.25) is 0 Å². The Kier molecular flexibility index (Phi) is 8.50. The number of aryl methyl sites for hydroxylation is 1. The van der Waals surface area contributed by atoms with Crippen LogP contribution in [0.3, 0.4) is 0 Å². The zero-order chi connectivity index (χ0) is 23.1. The molecule has 8 heteroatoms. The number of carbonyl (C=O) groups is 2. The maximum atomic E-state index is 12.8. The first-order chi connectivity index (χ1) is 15.4. The molecule has 32 heavy (non-hydrogen) atoms. The first-order valence-electron chi connectivity index (χ1n) is 10.9. The third kappa shape index (κ3) is 6.45. The van der Waals surface area contributed by atoms with Gasteiger partial charge in [-0.25, -0.2) is 4.79 Å². The van der Waals surface area contributed by atoms with Gasteiger partial charge in [0, 0.05) is 60.8 Å². The number of hydrogen-bond donors (Lipinski definition) is 2. The lowest BCUT2D eigenvalue weighted by atomic mass is 10.1. The predicted octanol–water partition coefficient (Wildman–Crippen LogP) is 4.48. The van der Waals surface area contributed by atoms with E-state index in [1.807, 2.05) is 30.9 Å². The van der Waals surface area contributed by atoms with Crippen LogP contribution in [0.5, 0.6) is 0 Å². The SMILES string of the molecule is CCOCCN1CCN(C(=O)Nc2ccc(NC(=O)c3cccc(Cl)c3)cc2C)CC1C. The van der Waals surface area contributed by atoms with Gasteiger partial charge in [-0.2, -0.15) is 0 Å². The fraction of sp³-hybridized carbons (Fsp3) is 0.417. The summed E-state index contributed by atoms with van der Waals surface area (Å²) in [5.74, 6) is -0.236. The second kappa shape index (κ2) is 11.3. The van der Waals surface area contributed by atoms with Gasteiger partial charge in [-0.1, -0.05) is 17.7 Å². The number of carbonyl (C=O) groups excluding carboxylic acids is 2. The van der Waals surface area contributed by atoms with Gasteiger partial charge >= 0.3 is 6.03 Å². The molecule has 1 aliphatic rings. The third-order valence-electron chi connectivity index (χ3n) is 5.59. The van der Waals surface area contributed by atoms with Gasteiger partial charge in [0.1, 0.15) is 0 Å². The molecular formula is C24H31ClN4O3. The highest BCUT2D eigenvalue weighted by Gasteiger charge is 2.26. The van der Waals surface area contributed by atoms with Crippen molar-refractivity contribution in [3.05, 3.63) is 58.6 Å². The lowest BCUT2D eigenvalue weighted by Crippen LogP contribution is -2.55. The molecule has 1 fully saturated rings. The van der Waals surface area contributed by atoms with E-state index in [4.69, 9.17) is 16.3 Å². The van der Waals surface area contributed by atoms with Gasteiger partial charge in [-0.05, 0) is 62.7 Å². The van der Waals surface area contributed by atoms with Gasteiger partial charge in [-0.3, -0.25) is 9.69 Å². The fourth-order valence-electron chi connectivity index (χ4n) is 3.75. The number of ether oxygens (including phenoxy) is 1. The van der Waals surface area contributed by atoms with E-state index in [-0.39, 0.29) is 18.0 Å². The molecule has 1 aliphatic heterocycles. The van der Waals surface area contributed by atoms with Crippen LogP contribution in [0.4, 0.5) is 16.2 Å². The van der Waals surface area contributed by atoms with E-state index in [0.717, 1.165) is 30.9 Å². The molecule has 2 aromatic carbocycles. The van der Waals surface area contributed by atoms with E-state index >= 15 is 0 Å². The lowest BCUT2D eigenvalue weighted by molar-refractivity contribution is 0.0620. The van der Waals surface area contributed by atoms with E-state index in [2.05, 4.69) is 22.5 Å². The van der Waals surface area contributed by atoms with Gasteiger partial charge in [-0.15, -0.1) is 0 Å². The number of urea groups is 1. The Labute approximate surface area is 194 Å². The number of benzene rings is 2. The molecule has 3 amide bonds. The fourth-order valence-corrected chi connectivity index (χ4v) is 3.94. The van der Waals surface area contributed by atoms with Crippen LogP contribution in [0.15, 0.2) is 42.5 Å². The summed E-state index contributed by atoms with van der Waals surface area (Å²) >= 11 is 5.96. The summed E-state index contributed by atoms with van der Waals surface area (Å²) in [5.41, 5.74) is 2.73. The number of halogens is 1. The minimum absolute atomic E-state index is 0.111. The van der Waals surface area contributed by atoms with Crippen molar-refractivity contribution in [1.82, 2.24) is 9.80 Å². The van der Waals surface area contributed by atoms with Crippen LogP contribution in [-0.4, -0.2) is 67.2 Å². The molecule has 172 valence electrons. The van der Waals surface area contributed by atoms with Crippen molar-refractivity contribution in [2.45, 2.75) is 26.8 Å². The summed E-state index contributed by atoms with van der Waals surface area (Å²) in [6.07, 6.45) is 0.